The maximum Gasteiger partial charge on any atom is 0.0240 e. The monoisotopic (exact) mass is 395 g/mol. The minimum atomic E-state index is 0.979. The van der Waals surface area contributed by atoms with Gasteiger partial charge in [-0.25, -0.2) is 0 Å². The van der Waals surface area contributed by atoms with E-state index in [9.17, 15) is 0 Å². The number of benzene rings is 3. The molecule has 0 aromatic heterocycles. The van der Waals surface area contributed by atoms with Gasteiger partial charge in [0.15, 0.2) is 0 Å². The van der Waals surface area contributed by atoms with Crippen LogP contribution in [0.3, 0.4) is 0 Å². The third-order valence-electron chi connectivity index (χ3n) is 5.19. The van der Waals surface area contributed by atoms with Crippen LogP contribution in [0.5, 0.6) is 0 Å². The SMILES string of the molecule is C(=CCN(CC=CCCc1ccccc1)Cc1ccccc1)CCc1ccccc1. The summed E-state index contributed by atoms with van der Waals surface area (Å²) in [5.41, 5.74) is 4.18. The Bertz CT molecular complexity index is 811. The Balaban J connectivity index is 1.45. The molecule has 0 bridgehead atoms. The van der Waals surface area contributed by atoms with Crippen molar-refractivity contribution in [1.82, 2.24) is 4.90 Å². The molecule has 0 saturated heterocycles. The molecule has 0 heterocycles. The van der Waals surface area contributed by atoms with E-state index in [1.165, 1.54) is 16.7 Å². The first-order valence-electron chi connectivity index (χ1n) is 11.0. The van der Waals surface area contributed by atoms with Crippen molar-refractivity contribution in [3.63, 3.8) is 0 Å². The van der Waals surface area contributed by atoms with Crippen molar-refractivity contribution in [2.75, 3.05) is 13.1 Å². The van der Waals surface area contributed by atoms with Gasteiger partial charge in [0.1, 0.15) is 0 Å². The molecule has 0 aliphatic rings. The van der Waals surface area contributed by atoms with E-state index in [0.717, 1.165) is 45.3 Å². The maximum absolute atomic E-state index is 2.49. The highest BCUT2D eigenvalue weighted by Crippen LogP contribution is 2.07. The summed E-state index contributed by atoms with van der Waals surface area (Å²) in [5.74, 6) is 0. The van der Waals surface area contributed by atoms with Crippen LogP contribution in [0.1, 0.15) is 29.5 Å². The Morgan fingerprint density at radius 3 is 1.30 bits per heavy atom. The number of hydrogen-bond acceptors (Lipinski definition) is 1. The van der Waals surface area contributed by atoms with Crippen LogP contribution < -0.4 is 0 Å². The zero-order chi connectivity index (χ0) is 20.7. The topological polar surface area (TPSA) is 3.24 Å². The summed E-state index contributed by atoms with van der Waals surface area (Å²) in [6.45, 7) is 2.94. The molecule has 1 heteroatoms. The lowest BCUT2D eigenvalue weighted by Gasteiger charge is -2.19. The van der Waals surface area contributed by atoms with E-state index in [1.54, 1.807) is 0 Å². The number of nitrogens with zero attached hydrogens (tertiary/aromatic N) is 1. The molecule has 3 rings (SSSR count). The Hall–Kier alpha value is -2.90. The zero-order valence-electron chi connectivity index (χ0n) is 17.9. The normalized spacial score (nSPS) is 11.6. The molecule has 0 fully saturated rings. The molecule has 30 heavy (non-hydrogen) atoms. The lowest BCUT2D eigenvalue weighted by molar-refractivity contribution is 0.327. The third-order valence-corrected chi connectivity index (χ3v) is 5.19. The van der Waals surface area contributed by atoms with Crippen LogP contribution in [0.25, 0.3) is 0 Å². The molecule has 0 aliphatic carbocycles. The summed E-state index contributed by atoms with van der Waals surface area (Å²) < 4.78 is 0. The van der Waals surface area contributed by atoms with E-state index in [-0.39, 0.29) is 0 Å². The molecule has 1 nitrogen and oxygen atoms in total. The predicted molar refractivity (Wildman–Crippen MR) is 130 cm³/mol. The Labute approximate surface area is 182 Å². The molecule has 0 amide bonds. The standard InChI is InChI=1S/C29H33N/c1-6-16-27(17-7-1)20-12-4-14-24-30(26-29-22-10-3-11-23-29)25-15-5-13-21-28-18-8-2-9-19-28/h1-11,14-19,22-23H,12-13,20-21,24-26H2. The summed E-state index contributed by atoms with van der Waals surface area (Å²) >= 11 is 0. The molecule has 0 unspecified atom stereocenters. The van der Waals surface area contributed by atoms with Gasteiger partial charge in [-0.2, -0.15) is 0 Å². The third kappa shape index (κ3) is 8.63. The molecule has 0 aliphatic heterocycles. The second-order valence-electron chi connectivity index (χ2n) is 7.67. The molecule has 0 saturated carbocycles. The van der Waals surface area contributed by atoms with Crippen molar-refractivity contribution in [3.8, 4) is 0 Å². The average Bonchev–Trinajstić information content (AvgIpc) is 2.80. The van der Waals surface area contributed by atoms with Gasteiger partial charge in [0.25, 0.3) is 0 Å². The first kappa shape index (κ1) is 21.8. The first-order valence-corrected chi connectivity index (χ1v) is 11.0. The molecule has 3 aromatic rings. The van der Waals surface area contributed by atoms with Crippen molar-refractivity contribution in [2.45, 2.75) is 32.2 Å². The Morgan fingerprint density at radius 1 is 0.467 bits per heavy atom. The molecular weight excluding hydrogens is 362 g/mol. The molecule has 3 aromatic carbocycles. The van der Waals surface area contributed by atoms with E-state index in [4.69, 9.17) is 0 Å². The van der Waals surface area contributed by atoms with Crippen LogP contribution in [0.4, 0.5) is 0 Å². The van der Waals surface area contributed by atoms with Gasteiger partial charge in [0, 0.05) is 19.6 Å². The largest absolute Gasteiger partial charge is 0.292 e. The van der Waals surface area contributed by atoms with E-state index >= 15 is 0 Å². The van der Waals surface area contributed by atoms with Gasteiger partial charge in [0.05, 0.1) is 0 Å². The summed E-state index contributed by atoms with van der Waals surface area (Å²) in [4.78, 5) is 2.49. The number of aryl methyl sites for hydroxylation is 2. The van der Waals surface area contributed by atoms with Crippen molar-refractivity contribution in [3.05, 3.63) is 132 Å². The highest BCUT2D eigenvalue weighted by atomic mass is 15.1. The predicted octanol–water partition coefficient (Wildman–Crippen LogP) is 6.87. The van der Waals surface area contributed by atoms with Crippen LogP contribution in [-0.2, 0) is 19.4 Å². The van der Waals surface area contributed by atoms with Crippen molar-refractivity contribution in [2.24, 2.45) is 0 Å². The molecular formula is C29H33N. The fraction of sp³-hybridized carbons (Fsp3) is 0.241. The van der Waals surface area contributed by atoms with Gasteiger partial charge in [-0.1, -0.05) is 115 Å². The number of rotatable bonds is 12. The van der Waals surface area contributed by atoms with Crippen molar-refractivity contribution < 1.29 is 0 Å². The van der Waals surface area contributed by atoms with Crippen LogP contribution in [-0.4, -0.2) is 18.0 Å². The number of allylic oxidation sites excluding steroid dienone is 2. The summed E-state index contributed by atoms with van der Waals surface area (Å²) in [6.07, 6.45) is 13.7. The minimum Gasteiger partial charge on any atom is -0.292 e. The van der Waals surface area contributed by atoms with Crippen LogP contribution in [0.15, 0.2) is 115 Å². The Morgan fingerprint density at radius 2 is 0.867 bits per heavy atom. The highest BCUT2D eigenvalue weighted by Gasteiger charge is 2.02. The fourth-order valence-corrected chi connectivity index (χ4v) is 3.52. The van der Waals surface area contributed by atoms with Crippen LogP contribution in [0.2, 0.25) is 0 Å². The summed E-state index contributed by atoms with van der Waals surface area (Å²) in [5, 5.41) is 0. The molecule has 154 valence electrons. The van der Waals surface area contributed by atoms with Gasteiger partial charge in [-0.15, -0.1) is 0 Å². The fourth-order valence-electron chi connectivity index (χ4n) is 3.52. The molecule has 0 atom stereocenters. The quantitative estimate of drug-likeness (QED) is 0.303. The van der Waals surface area contributed by atoms with Gasteiger partial charge < -0.3 is 0 Å². The number of hydrogen-bond donors (Lipinski definition) is 0. The first-order chi connectivity index (χ1) is 14.9. The zero-order valence-corrected chi connectivity index (χ0v) is 17.9. The van der Waals surface area contributed by atoms with Crippen LogP contribution in [0, 0.1) is 0 Å². The lowest BCUT2D eigenvalue weighted by atomic mass is 10.1. The van der Waals surface area contributed by atoms with Gasteiger partial charge in [-0.05, 0) is 42.4 Å². The van der Waals surface area contributed by atoms with E-state index in [2.05, 4.69) is 120 Å². The van der Waals surface area contributed by atoms with E-state index in [0.29, 0.717) is 0 Å². The average molecular weight is 396 g/mol. The maximum atomic E-state index is 2.49. The van der Waals surface area contributed by atoms with Crippen molar-refractivity contribution >= 4 is 0 Å². The van der Waals surface area contributed by atoms with E-state index in [1.807, 2.05) is 0 Å². The minimum absolute atomic E-state index is 0.979. The smallest absolute Gasteiger partial charge is 0.0240 e. The lowest BCUT2D eigenvalue weighted by Crippen LogP contribution is -2.23. The summed E-state index contributed by atoms with van der Waals surface area (Å²) in [7, 11) is 0. The van der Waals surface area contributed by atoms with Gasteiger partial charge >= 0.3 is 0 Å². The van der Waals surface area contributed by atoms with Crippen molar-refractivity contribution in [1.29, 1.82) is 0 Å². The second-order valence-corrected chi connectivity index (χ2v) is 7.67. The molecule has 0 radical (unpaired) electrons. The summed E-state index contributed by atoms with van der Waals surface area (Å²) in [6, 6.07) is 32.2. The molecule has 0 N–H and O–H groups in total. The molecule has 0 spiro atoms. The van der Waals surface area contributed by atoms with Gasteiger partial charge in [-0.3, -0.25) is 4.90 Å². The Kier molecular flexibility index (Phi) is 9.70. The second kappa shape index (κ2) is 13.3. The van der Waals surface area contributed by atoms with E-state index < -0.39 is 0 Å². The van der Waals surface area contributed by atoms with Gasteiger partial charge in [0.2, 0.25) is 0 Å². The van der Waals surface area contributed by atoms with Crippen LogP contribution >= 0.6 is 0 Å². The highest BCUT2D eigenvalue weighted by molar-refractivity contribution is 5.17.